The minimum absolute atomic E-state index is 0.125. The van der Waals surface area contributed by atoms with Crippen LogP contribution in [0.25, 0.3) is 10.9 Å². The second kappa shape index (κ2) is 6.95. The van der Waals surface area contributed by atoms with Crippen molar-refractivity contribution in [3.63, 3.8) is 0 Å². The SMILES string of the molecule is N#Cc1cccc(NC(=O)CSc2ccc3ccccc3n2)c1. The van der Waals surface area contributed by atoms with Gasteiger partial charge in [-0.25, -0.2) is 4.98 Å². The lowest BCUT2D eigenvalue weighted by atomic mass is 10.2. The number of carbonyl (C=O) groups excluding carboxylic acids is 1. The summed E-state index contributed by atoms with van der Waals surface area (Å²) in [6.07, 6.45) is 0. The van der Waals surface area contributed by atoms with Gasteiger partial charge >= 0.3 is 0 Å². The quantitative estimate of drug-likeness (QED) is 0.742. The zero-order chi connectivity index (χ0) is 16.1. The second-order valence-electron chi connectivity index (χ2n) is 4.87. The van der Waals surface area contributed by atoms with E-state index in [1.54, 1.807) is 24.3 Å². The Kier molecular flexibility index (Phi) is 4.55. The van der Waals surface area contributed by atoms with Crippen LogP contribution in [-0.2, 0) is 4.79 Å². The molecule has 1 aromatic heterocycles. The molecule has 0 aliphatic rings. The lowest BCUT2D eigenvalue weighted by Crippen LogP contribution is -2.14. The fourth-order valence-electron chi connectivity index (χ4n) is 2.13. The summed E-state index contributed by atoms with van der Waals surface area (Å²) >= 11 is 1.38. The predicted octanol–water partition coefficient (Wildman–Crippen LogP) is 3.84. The van der Waals surface area contributed by atoms with Crippen molar-refractivity contribution in [1.82, 2.24) is 4.98 Å². The van der Waals surface area contributed by atoms with Crippen molar-refractivity contribution in [1.29, 1.82) is 5.26 Å². The maximum atomic E-state index is 12.0. The fraction of sp³-hybridized carbons (Fsp3) is 0.0556. The number of pyridine rings is 1. The zero-order valence-corrected chi connectivity index (χ0v) is 13.0. The van der Waals surface area contributed by atoms with Crippen LogP contribution in [0.4, 0.5) is 5.69 Å². The smallest absolute Gasteiger partial charge is 0.234 e. The topological polar surface area (TPSA) is 65.8 Å². The van der Waals surface area contributed by atoms with E-state index >= 15 is 0 Å². The van der Waals surface area contributed by atoms with Gasteiger partial charge in [0.1, 0.15) is 0 Å². The molecule has 0 atom stereocenters. The fourth-order valence-corrected chi connectivity index (χ4v) is 2.81. The maximum Gasteiger partial charge on any atom is 0.234 e. The van der Waals surface area contributed by atoms with Crippen molar-refractivity contribution in [2.45, 2.75) is 5.03 Å². The summed E-state index contributed by atoms with van der Waals surface area (Å²) in [5.74, 6) is 0.141. The number of nitriles is 1. The van der Waals surface area contributed by atoms with Crippen molar-refractivity contribution < 1.29 is 4.79 Å². The first-order valence-corrected chi connectivity index (χ1v) is 8.02. The van der Waals surface area contributed by atoms with Crippen molar-refractivity contribution in [3.8, 4) is 6.07 Å². The van der Waals surface area contributed by atoms with Gasteiger partial charge in [0.25, 0.3) is 0 Å². The third-order valence-electron chi connectivity index (χ3n) is 3.20. The molecule has 112 valence electrons. The summed E-state index contributed by atoms with van der Waals surface area (Å²) in [6.45, 7) is 0. The van der Waals surface area contributed by atoms with Gasteiger partial charge in [0.2, 0.25) is 5.91 Å². The van der Waals surface area contributed by atoms with Gasteiger partial charge in [0, 0.05) is 11.1 Å². The molecule has 1 amide bonds. The number of anilines is 1. The number of para-hydroxylation sites is 1. The minimum Gasteiger partial charge on any atom is -0.325 e. The van der Waals surface area contributed by atoms with Crippen molar-refractivity contribution in [3.05, 3.63) is 66.2 Å². The van der Waals surface area contributed by atoms with E-state index in [2.05, 4.69) is 10.3 Å². The maximum absolute atomic E-state index is 12.0. The number of aromatic nitrogens is 1. The van der Waals surface area contributed by atoms with E-state index in [1.807, 2.05) is 42.5 Å². The number of thioether (sulfide) groups is 1. The van der Waals surface area contributed by atoms with Crippen LogP contribution in [0.1, 0.15) is 5.56 Å². The molecule has 0 unspecified atom stereocenters. The molecular weight excluding hydrogens is 306 g/mol. The first-order valence-electron chi connectivity index (χ1n) is 7.03. The van der Waals surface area contributed by atoms with E-state index in [9.17, 15) is 4.79 Å². The number of benzene rings is 2. The van der Waals surface area contributed by atoms with Crippen LogP contribution in [0.5, 0.6) is 0 Å². The highest BCUT2D eigenvalue weighted by molar-refractivity contribution is 7.99. The second-order valence-corrected chi connectivity index (χ2v) is 5.87. The van der Waals surface area contributed by atoms with Crippen LogP contribution >= 0.6 is 11.8 Å². The molecule has 0 bridgehead atoms. The number of nitrogens with one attached hydrogen (secondary N) is 1. The Morgan fingerprint density at radius 1 is 1.13 bits per heavy atom. The zero-order valence-electron chi connectivity index (χ0n) is 12.2. The van der Waals surface area contributed by atoms with Crippen LogP contribution in [-0.4, -0.2) is 16.6 Å². The number of hydrogen-bond acceptors (Lipinski definition) is 4. The molecule has 0 aliphatic heterocycles. The molecular formula is C18H13N3OS. The van der Waals surface area contributed by atoms with Gasteiger partial charge < -0.3 is 5.32 Å². The molecule has 5 heteroatoms. The summed E-state index contributed by atoms with van der Waals surface area (Å²) in [7, 11) is 0. The molecule has 1 N–H and O–H groups in total. The molecule has 2 aromatic carbocycles. The van der Waals surface area contributed by atoms with E-state index < -0.39 is 0 Å². The lowest BCUT2D eigenvalue weighted by molar-refractivity contribution is -0.113. The molecule has 0 aliphatic carbocycles. The highest BCUT2D eigenvalue weighted by atomic mass is 32.2. The molecule has 3 rings (SSSR count). The molecule has 4 nitrogen and oxygen atoms in total. The average molecular weight is 319 g/mol. The number of amides is 1. The summed E-state index contributed by atoms with van der Waals surface area (Å²) < 4.78 is 0. The molecule has 0 fully saturated rings. The van der Waals surface area contributed by atoms with Crippen LogP contribution in [0.15, 0.2) is 65.7 Å². The van der Waals surface area contributed by atoms with E-state index in [4.69, 9.17) is 5.26 Å². The van der Waals surface area contributed by atoms with Gasteiger partial charge in [-0.2, -0.15) is 5.26 Å². The van der Waals surface area contributed by atoms with E-state index in [-0.39, 0.29) is 11.7 Å². The van der Waals surface area contributed by atoms with Gasteiger partial charge in [-0.15, -0.1) is 0 Å². The predicted molar refractivity (Wildman–Crippen MR) is 92.3 cm³/mol. The van der Waals surface area contributed by atoms with Gasteiger partial charge in [-0.05, 0) is 30.3 Å². The number of hydrogen-bond donors (Lipinski definition) is 1. The number of carbonyl (C=O) groups is 1. The van der Waals surface area contributed by atoms with Crippen LogP contribution in [0, 0.1) is 11.3 Å². The molecule has 0 radical (unpaired) electrons. The minimum atomic E-state index is -0.125. The number of nitrogens with zero attached hydrogens (tertiary/aromatic N) is 2. The normalized spacial score (nSPS) is 10.2. The van der Waals surface area contributed by atoms with E-state index in [0.29, 0.717) is 11.3 Å². The van der Waals surface area contributed by atoms with Crippen LogP contribution in [0.2, 0.25) is 0 Å². The van der Waals surface area contributed by atoms with Crippen molar-refractivity contribution in [2.24, 2.45) is 0 Å². The average Bonchev–Trinajstić information content (AvgIpc) is 2.60. The van der Waals surface area contributed by atoms with Crippen molar-refractivity contribution >= 4 is 34.3 Å². The van der Waals surface area contributed by atoms with Gasteiger partial charge in [0.05, 0.1) is 27.9 Å². The highest BCUT2D eigenvalue weighted by Crippen LogP contribution is 2.20. The Hall–Kier alpha value is -2.84. The summed E-state index contributed by atoms with van der Waals surface area (Å²) in [6, 6.07) is 20.7. The molecule has 23 heavy (non-hydrogen) atoms. The Morgan fingerprint density at radius 3 is 2.87 bits per heavy atom. The highest BCUT2D eigenvalue weighted by Gasteiger charge is 2.06. The lowest BCUT2D eigenvalue weighted by Gasteiger charge is -2.06. The molecule has 3 aromatic rings. The summed E-state index contributed by atoms with van der Waals surface area (Å²) in [5, 5.41) is 13.5. The summed E-state index contributed by atoms with van der Waals surface area (Å²) in [5.41, 5.74) is 2.06. The summed E-state index contributed by atoms with van der Waals surface area (Å²) in [4.78, 5) is 16.5. The standard InChI is InChI=1S/C18H13N3OS/c19-11-13-4-3-6-15(10-13)20-17(22)12-23-18-9-8-14-5-1-2-7-16(14)21-18/h1-10H,12H2,(H,20,22). The third kappa shape index (κ3) is 3.87. The third-order valence-corrected chi connectivity index (χ3v) is 4.13. The monoisotopic (exact) mass is 319 g/mol. The number of fused-ring (bicyclic) bond motifs is 1. The Labute approximate surface area is 138 Å². The van der Waals surface area contributed by atoms with E-state index in [0.717, 1.165) is 15.9 Å². The van der Waals surface area contributed by atoms with E-state index in [1.165, 1.54) is 11.8 Å². The largest absolute Gasteiger partial charge is 0.325 e. The Bertz CT molecular complexity index is 902. The van der Waals surface area contributed by atoms with Crippen LogP contribution < -0.4 is 5.32 Å². The first kappa shape index (κ1) is 15.1. The first-order chi connectivity index (χ1) is 11.2. The molecule has 0 spiro atoms. The van der Waals surface area contributed by atoms with Gasteiger partial charge in [-0.3, -0.25) is 4.79 Å². The van der Waals surface area contributed by atoms with Gasteiger partial charge in [-0.1, -0.05) is 42.1 Å². The Morgan fingerprint density at radius 2 is 2.00 bits per heavy atom. The van der Waals surface area contributed by atoms with Crippen molar-refractivity contribution in [2.75, 3.05) is 11.1 Å². The van der Waals surface area contributed by atoms with Crippen LogP contribution in [0.3, 0.4) is 0 Å². The molecule has 1 heterocycles. The Balaban J connectivity index is 1.62. The number of rotatable bonds is 4. The molecule has 0 saturated carbocycles. The van der Waals surface area contributed by atoms with Gasteiger partial charge in [0.15, 0.2) is 0 Å². The molecule has 0 saturated heterocycles.